The van der Waals surface area contributed by atoms with E-state index in [-0.39, 0.29) is 12.5 Å². The molecule has 0 unspecified atom stereocenters. The molecule has 2 heterocycles. The maximum Gasteiger partial charge on any atom is 0.261 e. The zero-order chi connectivity index (χ0) is 21.8. The monoisotopic (exact) mass is 428 g/mol. The molecular weight excluding hydrogens is 404 g/mol. The number of primary amides is 1. The molecule has 0 spiro atoms. The van der Waals surface area contributed by atoms with Crippen LogP contribution in [0.2, 0.25) is 0 Å². The van der Waals surface area contributed by atoms with Crippen LogP contribution < -0.4 is 20.5 Å². The number of nitrogens with zero attached hydrogens (tertiary/aromatic N) is 2. The Morgan fingerprint density at radius 1 is 1.20 bits per heavy atom. The molecule has 30 heavy (non-hydrogen) atoms. The van der Waals surface area contributed by atoms with Gasteiger partial charge >= 0.3 is 0 Å². The molecule has 0 aliphatic rings. The number of ether oxygens (including phenoxy) is 2. The van der Waals surface area contributed by atoms with Gasteiger partial charge in [0.15, 0.2) is 18.1 Å². The number of hydrogen-bond donors (Lipinski definition) is 2. The maximum absolute atomic E-state index is 12.8. The van der Waals surface area contributed by atoms with Crippen molar-refractivity contribution in [3.05, 3.63) is 45.7 Å². The zero-order valence-corrected chi connectivity index (χ0v) is 18.2. The quantitative estimate of drug-likeness (QED) is 0.570. The van der Waals surface area contributed by atoms with E-state index in [0.717, 1.165) is 39.3 Å². The second kappa shape index (κ2) is 9.08. The molecule has 9 heteroatoms. The van der Waals surface area contributed by atoms with Crippen LogP contribution in [0.25, 0.3) is 10.2 Å². The van der Waals surface area contributed by atoms with Crippen LogP contribution in [-0.2, 0) is 17.8 Å². The van der Waals surface area contributed by atoms with Crippen molar-refractivity contribution in [2.75, 3.05) is 13.7 Å². The van der Waals surface area contributed by atoms with Gasteiger partial charge in [0.05, 0.1) is 12.0 Å². The van der Waals surface area contributed by atoms with Crippen LogP contribution in [0.5, 0.6) is 11.5 Å². The molecule has 0 saturated heterocycles. The molecule has 0 aliphatic heterocycles. The van der Waals surface area contributed by atoms with Gasteiger partial charge in [-0.1, -0.05) is 13.0 Å². The second-order valence-corrected chi connectivity index (χ2v) is 7.74. The summed E-state index contributed by atoms with van der Waals surface area (Å²) >= 11 is 1.38. The number of methoxy groups -OCH3 is 1. The number of benzene rings is 1. The van der Waals surface area contributed by atoms with Gasteiger partial charge in [-0.25, -0.2) is 9.97 Å². The van der Waals surface area contributed by atoms with E-state index in [1.807, 2.05) is 20.8 Å². The average molecular weight is 429 g/mol. The van der Waals surface area contributed by atoms with Crippen molar-refractivity contribution >= 4 is 33.4 Å². The summed E-state index contributed by atoms with van der Waals surface area (Å²) < 4.78 is 10.6. The first-order chi connectivity index (χ1) is 14.3. The van der Waals surface area contributed by atoms with E-state index < -0.39 is 5.91 Å². The molecule has 3 rings (SSSR count). The molecular formula is C21H24N4O4S. The third-order valence-electron chi connectivity index (χ3n) is 4.59. The third-order valence-corrected chi connectivity index (χ3v) is 5.78. The Kier molecular flexibility index (Phi) is 6.51. The summed E-state index contributed by atoms with van der Waals surface area (Å²) in [4.78, 5) is 34.3. The number of nitrogens with one attached hydrogen (secondary N) is 1. The molecule has 0 atom stereocenters. The normalized spacial score (nSPS) is 10.8. The molecule has 3 aromatic rings. The summed E-state index contributed by atoms with van der Waals surface area (Å²) in [5.74, 6) is 0.907. The summed E-state index contributed by atoms with van der Waals surface area (Å²) in [6, 6.07) is 5.22. The van der Waals surface area contributed by atoms with Crippen LogP contribution in [0.15, 0.2) is 18.2 Å². The van der Waals surface area contributed by atoms with Crippen LogP contribution in [0.4, 0.5) is 0 Å². The molecule has 0 saturated carbocycles. The molecule has 0 fully saturated rings. The van der Waals surface area contributed by atoms with E-state index in [1.54, 1.807) is 18.2 Å². The number of aromatic nitrogens is 2. The summed E-state index contributed by atoms with van der Waals surface area (Å²) in [6.07, 6.45) is 0.746. The van der Waals surface area contributed by atoms with Crippen molar-refractivity contribution < 1.29 is 19.1 Å². The first kappa shape index (κ1) is 21.5. The highest BCUT2D eigenvalue weighted by Gasteiger charge is 2.19. The Morgan fingerprint density at radius 3 is 2.63 bits per heavy atom. The SMILES string of the molecule is CCc1nc(C)c2c(C)c(C(=O)NCc3ccc(OCC(N)=O)c(OC)c3)sc2n1. The Bertz CT molecular complexity index is 1110. The highest BCUT2D eigenvalue weighted by molar-refractivity contribution is 7.20. The van der Waals surface area contributed by atoms with Crippen LogP contribution in [0.3, 0.4) is 0 Å². The number of thiophene rings is 1. The predicted octanol–water partition coefficient (Wildman–Crippen LogP) is 2.67. The fourth-order valence-corrected chi connectivity index (χ4v) is 4.29. The van der Waals surface area contributed by atoms with Gasteiger partial charge in [0.25, 0.3) is 11.8 Å². The largest absolute Gasteiger partial charge is 0.493 e. The van der Waals surface area contributed by atoms with Gasteiger partial charge in [-0.15, -0.1) is 11.3 Å². The van der Waals surface area contributed by atoms with E-state index in [4.69, 9.17) is 15.2 Å². The highest BCUT2D eigenvalue weighted by Crippen LogP contribution is 2.32. The van der Waals surface area contributed by atoms with Gasteiger partial charge in [0.2, 0.25) is 0 Å². The molecule has 8 nitrogen and oxygen atoms in total. The summed E-state index contributed by atoms with van der Waals surface area (Å²) in [5, 5.41) is 3.88. The molecule has 0 radical (unpaired) electrons. The number of amides is 2. The smallest absolute Gasteiger partial charge is 0.261 e. The number of hydrogen-bond acceptors (Lipinski definition) is 7. The lowest BCUT2D eigenvalue weighted by Crippen LogP contribution is -2.22. The number of nitrogens with two attached hydrogens (primary N) is 1. The van der Waals surface area contributed by atoms with Crippen molar-refractivity contribution in [3.63, 3.8) is 0 Å². The van der Waals surface area contributed by atoms with E-state index in [1.165, 1.54) is 18.4 Å². The van der Waals surface area contributed by atoms with Crippen LogP contribution in [0.1, 0.15) is 39.2 Å². The van der Waals surface area contributed by atoms with Crippen LogP contribution >= 0.6 is 11.3 Å². The number of carbonyl (C=O) groups is 2. The molecule has 0 aliphatic carbocycles. The predicted molar refractivity (Wildman–Crippen MR) is 115 cm³/mol. The van der Waals surface area contributed by atoms with Crippen LogP contribution in [0, 0.1) is 13.8 Å². The van der Waals surface area contributed by atoms with E-state index >= 15 is 0 Å². The van der Waals surface area contributed by atoms with Gasteiger partial charge < -0.3 is 20.5 Å². The fourth-order valence-electron chi connectivity index (χ4n) is 3.12. The highest BCUT2D eigenvalue weighted by atomic mass is 32.1. The van der Waals surface area contributed by atoms with Gasteiger partial charge in [-0.3, -0.25) is 9.59 Å². The molecule has 2 amide bonds. The Morgan fingerprint density at radius 2 is 1.97 bits per heavy atom. The maximum atomic E-state index is 12.8. The molecule has 0 bridgehead atoms. The first-order valence-corrected chi connectivity index (χ1v) is 10.3. The number of carbonyl (C=O) groups excluding carboxylic acids is 2. The van der Waals surface area contributed by atoms with Gasteiger partial charge in [-0.2, -0.15) is 0 Å². The van der Waals surface area contributed by atoms with Gasteiger partial charge in [0, 0.05) is 24.0 Å². The minimum atomic E-state index is -0.571. The Hall–Kier alpha value is -3.20. The number of aryl methyl sites for hydroxylation is 3. The van der Waals surface area contributed by atoms with Gasteiger partial charge in [-0.05, 0) is 37.1 Å². The van der Waals surface area contributed by atoms with Crippen molar-refractivity contribution in [1.82, 2.24) is 15.3 Å². The van der Waals surface area contributed by atoms with E-state index in [9.17, 15) is 9.59 Å². The standard InChI is InChI=1S/C21H24N4O4S/c1-5-17-24-12(3)18-11(2)19(30-21(18)25-17)20(27)23-9-13-6-7-14(15(8-13)28-4)29-10-16(22)26/h6-8H,5,9-10H2,1-4H3,(H2,22,26)(H,23,27). The van der Waals surface area contributed by atoms with Gasteiger partial charge in [0.1, 0.15) is 10.7 Å². The van der Waals surface area contributed by atoms with Crippen molar-refractivity contribution in [2.45, 2.75) is 33.7 Å². The summed E-state index contributed by atoms with van der Waals surface area (Å²) in [7, 11) is 1.50. The topological polar surface area (TPSA) is 116 Å². The average Bonchev–Trinajstić information content (AvgIpc) is 3.07. The lowest BCUT2D eigenvalue weighted by molar-refractivity contribution is -0.119. The van der Waals surface area contributed by atoms with Crippen molar-refractivity contribution in [2.24, 2.45) is 5.73 Å². The summed E-state index contributed by atoms with van der Waals surface area (Å²) in [5.41, 5.74) is 7.71. The fraction of sp³-hybridized carbons (Fsp3) is 0.333. The molecule has 1 aromatic carbocycles. The van der Waals surface area contributed by atoms with Crippen molar-refractivity contribution in [3.8, 4) is 11.5 Å². The molecule has 3 N–H and O–H groups in total. The summed E-state index contributed by atoms with van der Waals surface area (Å²) in [6.45, 7) is 5.94. The lowest BCUT2D eigenvalue weighted by atomic mass is 10.1. The Balaban J connectivity index is 1.76. The third kappa shape index (κ3) is 4.51. The van der Waals surface area contributed by atoms with Crippen LogP contribution in [-0.4, -0.2) is 35.5 Å². The lowest BCUT2D eigenvalue weighted by Gasteiger charge is -2.11. The minimum Gasteiger partial charge on any atom is -0.493 e. The van der Waals surface area contributed by atoms with E-state index in [2.05, 4.69) is 15.3 Å². The molecule has 2 aromatic heterocycles. The first-order valence-electron chi connectivity index (χ1n) is 9.46. The number of fused-ring (bicyclic) bond motifs is 1. The Labute approximate surface area is 178 Å². The minimum absolute atomic E-state index is 0.166. The zero-order valence-electron chi connectivity index (χ0n) is 17.4. The number of rotatable bonds is 8. The van der Waals surface area contributed by atoms with Crippen molar-refractivity contribution in [1.29, 1.82) is 0 Å². The van der Waals surface area contributed by atoms with E-state index in [0.29, 0.717) is 22.9 Å². The molecule has 158 valence electrons. The second-order valence-electron chi connectivity index (χ2n) is 6.74.